The van der Waals surface area contributed by atoms with Gasteiger partial charge in [-0.2, -0.15) is 14.6 Å². The van der Waals surface area contributed by atoms with Gasteiger partial charge in [0.25, 0.3) is 5.78 Å². The van der Waals surface area contributed by atoms with Gasteiger partial charge in [0.1, 0.15) is 17.7 Å². The molecule has 2 aromatic heterocycles. The van der Waals surface area contributed by atoms with Crippen LogP contribution in [0.2, 0.25) is 0 Å². The zero-order chi connectivity index (χ0) is 12.6. The molecule has 0 saturated carbocycles. The summed E-state index contributed by atoms with van der Waals surface area (Å²) >= 11 is 0. The molecule has 7 nitrogen and oxygen atoms in total. The summed E-state index contributed by atoms with van der Waals surface area (Å²) in [5.74, 6) is 1.32. The highest BCUT2D eigenvalue weighted by Gasteiger charge is 2.32. The molecule has 0 bridgehead atoms. The van der Waals surface area contributed by atoms with Crippen LogP contribution in [0, 0.1) is 6.92 Å². The molecule has 0 aromatic carbocycles. The summed E-state index contributed by atoms with van der Waals surface area (Å²) in [7, 11) is 0. The Morgan fingerprint density at radius 1 is 1.61 bits per heavy atom. The SMILES string of the molecule is Cc1cc(NCC2(O)CCOC2)n2ncnc2n1. The Morgan fingerprint density at radius 2 is 2.50 bits per heavy atom. The lowest BCUT2D eigenvalue weighted by Gasteiger charge is -2.21. The van der Waals surface area contributed by atoms with Crippen LogP contribution in [-0.2, 0) is 4.74 Å². The lowest BCUT2D eigenvalue weighted by Crippen LogP contribution is -2.37. The summed E-state index contributed by atoms with van der Waals surface area (Å²) in [6.07, 6.45) is 2.10. The molecule has 2 N–H and O–H groups in total. The quantitative estimate of drug-likeness (QED) is 0.796. The number of aromatic nitrogens is 4. The fraction of sp³-hybridized carbons (Fsp3) is 0.545. The number of aryl methyl sites for hydroxylation is 1. The molecule has 1 atom stereocenters. The number of anilines is 1. The topological polar surface area (TPSA) is 84.6 Å². The fourth-order valence-electron chi connectivity index (χ4n) is 2.05. The normalized spacial score (nSPS) is 23.7. The zero-order valence-electron chi connectivity index (χ0n) is 10.1. The molecule has 0 radical (unpaired) electrons. The van der Waals surface area contributed by atoms with Gasteiger partial charge in [-0.05, 0) is 6.92 Å². The van der Waals surface area contributed by atoms with Crippen LogP contribution in [0.1, 0.15) is 12.1 Å². The third-order valence-corrected chi connectivity index (χ3v) is 3.06. The number of hydrogen-bond acceptors (Lipinski definition) is 6. The van der Waals surface area contributed by atoms with Crippen molar-refractivity contribution in [1.82, 2.24) is 19.6 Å². The lowest BCUT2D eigenvalue weighted by molar-refractivity contribution is 0.0381. The van der Waals surface area contributed by atoms with E-state index in [1.165, 1.54) is 6.33 Å². The van der Waals surface area contributed by atoms with E-state index in [0.29, 0.717) is 32.0 Å². The monoisotopic (exact) mass is 249 g/mol. The number of fused-ring (bicyclic) bond motifs is 1. The summed E-state index contributed by atoms with van der Waals surface area (Å²) < 4.78 is 6.82. The van der Waals surface area contributed by atoms with Gasteiger partial charge in [0.15, 0.2) is 0 Å². The van der Waals surface area contributed by atoms with Gasteiger partial charge in [-0.3, -0.25) is 0 Å². The standard InChI is InChI=1S/C11H15N5O2/c1-8-4-9(16-10(15-8)13-7-14-16)12-5-11(17)2-3-18-6-11/h4,7,12,17H,2-3,5-6H2,1H3. The summed E-state index contributed by atoms with van der Waals surface area (Å²) in [5.41, 5.74) is 0.0528. The van der Waals surface area contributed by atoms with Gasteiger partial charge in [-0.25, -0.2) is 4.98 Å². The Morgan fingerprint density at radius 3 is 3.28 bits per heavy atom. The van der Waals surface area contributed by atoms with Crippen LogP contribution in [-0.4, -0.2) is 50.0 Å². The molecule has 3 heterocycles. The molecule has 0 amide bonds. The van der Waals surface area contributed by atoms with Crippen LogP contribution in [0.5, 0.6) is 0 Å². The van der Waals surface area contributed by atoms with E-state index in [9.17, 15) is 5.11 Å². The second kappa shape index (κ2) is 4.18. The van der Waals surface area contributed by atoms with Crippen molar-refractivity contribution < 1.29 is 9.84 Å². The van der Waals surface area contributed by atoms with Crippen molar-refractivity contribution in [1.29, 1.82) is 0 Å². The Labute approximate surface area is 104 Å². The van der Waals surface area contributed by atoms with E-state index in [4.69, 9.17) is 4.74 Å². The summed E-state index contributed by atoms with van der Waals surface area (Å²) in [5, 5.41) is 17.5. The first-order valence-corrected chi connectivity index (χ1v) is 5.88. The summed E-state index contributed by atoms with van der Waals surface area (Å²) in [4.78, 5) is 8.31. The van der Waals surface area contributed by atoms with E-state index >= 15 is 0 Å². The third kappa shape index (κ3) is 2.02. The van der Waals surface area contributed by atoms with Gasteiger partial charge in [-0.1, -0.05) is 0 Å². The van der Waals surface area contributed by atoms with Gasteiger partial charge in [0.05, 0.1) is 6.61 Å². The van der Waals surface area contributed by atoms with E-state index < -0.39 is 5.60 Å². The average Bonchev–Trinajstić information content (AvgIpc) is 2.95. The van der Waals surface area contributed by atoms with Crippen molar-refractivity contribution in [2.45, 2.75) is 18.9 Å². The first kappa shape index (κ1) is 11.4. The minimum absolute atomic E-state index is 0.366. The Kier molecular flexibility index (Phi) is 2.64. The highest BCUT2D eigenvalue weighted by atomic mass is 16.5. The lowest BCUT2D eigenvalue weighted by atomic mass is 10.0. The van der Waals surface area contributed by atoms with Crippen LogP contribution in [0.4, 0.5) is 5.82 Å². The van der Waals surface area contributed by atoms with Gasteiger partial charge >= 0.3 is 0 Å². The maximum Gasteiger partial charge on any atom is 0.254 e. The number of nitrogens with one attached hydrogen (secondary N) is 1. The number of hydrogen-bond donors (Lipinski definition) is 2. The molecular formula is C11H15N5O2. The second-order valence-electron chi connectivity index (χ2n) is 4.64. The van der Waals surface area contributed by atoms with Crippen LogP contribution in [0.15, 0.2) is 12.4 Å². The molecule has 1 saturated heterocycles. The molecule has 7 heteroatoms. The van der Waals surface area contributed by atoms with Crippen LogP contribution < -0.4 is 5.32 Å². The first-order chi connectivity index (χ1) is 8.66. The van der Waals surface area contributed by atoms with Crippen LogP contribution in [0.3, 0.4) is 0 Å². The Balaban J connectivity index is 1.83. The van der Waals surface area contributed by atoms with E-state index in [-0.39, 0.29) is 0 Å². The number of nitrogens with zero attached hydrogens (tertiary/aromatic N) is 4. The summed E-state index contributed by atoms with van der Waals surface area (Å²) in [6, 6.07) is 1.88. The number of ether oxygens (including phenoxy) is 1. The fourth-order valence-corrected chi connectivity index (χ4v) is 2.05. The predicted octanol–water partition coefficient (Wildman–Crippen LogP) is -0.00398. The highest BCUT2D eigenvalue weighted by Crippen LogP contribution is 2.19. The average molecular weight is 249 g/mol. The molecule has 1 unspecified atom stereocenters. The zero-order valence-corrected chi connectivity index (χ0v) is 10.1. The highest BCUT2D eigenvalue weighted by molar-refractivity contribution is 5.44. The van der Waals surface area contributed by atoms with Crippen molar-refractivity contribution in [3.8, 4) is 0 Å². The largest absolute Gasteiger partial charge is 0.386 e. The van der Waals surface area contributed by atoms with Crippen molar-refractivity contribution >= 4 is 11.6 Å². The second-order valence-corrected chi connectivity index (χ2v) is 4.64. The van der Waals surface area contributed by atoms with Crippen LogP contribution >= 0.6 is 0 Å². The van der Waals surface area contributed by atoms with Crippen LogP contribution in [0.25, 0.3) is 5.78 Å². The third-order valence-electron chi connectivity index (χ3n) is 3.06. The minimum atomic E-state index is -0.802. The molecule has 0 aliphatic carbocycles. The van der Waals surface area contributed by atoms with E-state index in [0.717, 1.165) is 11.5 Å². The smallest absolute Gasteiger partial charge is 0.254 e. The molecular weight excluding hydrogens is 234 g/mol. The van der Waals surface area contributed by atoms with Crippen molar-refractivity contribution in [2.24, 2.45) is 0 Å². The minimum Gasteiger partial charge on any atom is -0.386 e. The van der Waals surface area contributed by atoms with Crippen molar-refractivity contribution in [2.75, 3.05) is 25.1 Å². The van der Waals surface area contributed by atoms with Gasteiger partial charge in [0.2, 0.25) is 0 Å². The predicted molar refractivity (Wildman–Crippen MR) is 64.4 cm³/mol. The molecule has 1 aliphatic heterocycles. The number of aliphatic hydroxyl groups is 1. The molecule has 1 aliphatic rings. The molecule has 2 aromatic rings. The van der Waals surface area contributed by atoms with Gasteiger partial charge < -0.3 is 15.2 Å². The van der Waals surface area contributed by atoms with Gasteiger partial charge in [-0.15, -0.1) is 0 Å². The number of rotatable bonds is 3. The summed E-state index contributed by atoms with van der Waals surface area (Å²) in [6.45, 7) is 3.29. The molecule has 1 fully saturated rings. The Hall–Kier alpha value is -1.73. The maximum absolute atomic E-state index is 10.2. The molecule has 3 rings (SSSR count). The van der Waals surface area contributed by atoms with Crippen molar-refractivity contribution in [3.05, 3.63) is 18.1 Å². The van der Waals surface area contributed by atoms with E-state index in [2.05, 4.69) is 20.4 Å². The first-order valence-electron chi connectivity index (χ1n) is 5.88. The van der Waals surface area contributed by atoms with Gasteiger partial charge in [0, 0.05) is 31.3 Å². The molecule has 18 heavy (non-hydrogen) atoms. The van der Waals surface area contributed by atoms with E-state index in [1.54, 1.807) is 4.52 Å². The molecule has 96 valence electrons. The molecule has 0 spiro atoms. The Bertz CT molecular complexity index is 562. The van der Waals surface area contributed by atoms with Crippen molar-refractivity contribution in [3.63, 3.8) is 0 Å². The maximum atomic E-state index is 10.2. The van der Waals surface area contributed by atoms with E-state index in [1.807, 2.05) is 13.0 Å².